The third-order valence-corrected chi connectivity index (χ3v) is 3.70. The smallest absolute Gasteiger partial charge is 0.231 e. The van der Waals surface area contributed by atoms with Gasteiger partial charge in [0.1, 0.15) is 16.0 Å². The molecule has 1 aromatic heterocycles. The zero-order valence-electron chi connectivity index (χ0n) is 8.44. The Hall–Kier alpha value is -1.77. The number of rotatable bonds is 1. The van der Waals surface area contributed by atoms with Crippen LogP contribution in [0.15, 0.2) is 18.2 Å². The molecule has 3 rings (SSSR count). The molecular formula is C11H5ClN2O2S. The molecule has 2 heterocycles. The van der Waals surface area contributed by atoms with Crippen molar-refractivity contribution in [2.45, 2.75) is 0 Å². The molecule has 1 aliphatic rings. The predicted molar refractivity (Wildman–Crippen MR) is 63.4 cm³/mol. The van der Waals surface area contributed by atoms with E-state index in [-0.39, 0.29) is 11.9 Å². The highest BCUT2D eigenvalue weighted by Crippen LogP contribution is 2.38. The number of fused-ring (bicyclic) bond motifs is 1. The van der Waals surface area contributed by atoms with Crippen LogP contribution in [-0.4, -0.2) is 11.8 Å². The summed E-state index contributed by atoms with van der Waals surface area (Å²) in [7, 11) is 0. The van der Waals surface area contributed by atoms with Crippen molar-refractivity contribution < 1.29 is 9.47 Å². The number of nitriles is 1. The molecule has 6 heteroatoms. The summed E-state index contributed by atoms with van der Waals surface area (Å²) in [6, 6.07) is 7.52. The predicted octanol–water partition coefficient (Wildman–Crippen LogP) is 3.06. The SMILES string of the molecule is N#Cc1sc(-c2ccc3c(c2)OCO3)nc1Cl. The van der Waals surface area contributed by atoms with Gasteiger partial charge in [-0.2, -0.15) is 5.26 Å². The van der Waals surface area contributed by atoms with E-state index >= 15 is 0 Å². The largest absolute Gasteiger partial charge is 0.454 e. The van der Waals surface area contributed by atoms with Crippen molar-refractivity contribution in [2.75, 3.05) is 6.79 Å². The van der Waals surface area contributed by atoms with Gasteiger partial charge in [-0.15, -0.1) is 11.3 Å². The maximum absolute atomic E-state index is 8.82. The molecule has 4 nitrogen and oxygen atoms in total. The lowest BCUT2D eigenvalue weighted by molar-refractivity contribution is 0.174. The van der Waals surface area contributed by atoms with Crippen molar-refractivity contribution in [3.8, 4) is 28.1 Å². The van der Waals surface area contributed by atoms with E-state index in [4.69, 9.17) is 26.3 Å². The van der Waals surface area contributed by atoms with Gasteiger partial charge in [0.2, 0.25) is 6.79 Å². The summed E-state index contributed by atoms with van der Waals surface area (Å²) in [5.41, 5.74) is 0.864. The zero-order valence-corrected chi connectivity index (χ0v) is 10.0. The average molecular weight is 265 g/mol. The van der Waals surface area contributed by atoms with Crippen LogP contribution in [0.2, 0.25) is 5.15 Å². The van der Waals surface area contributed by atoms with E-state index in [0.29, 0.717) is 15.6 Å². The highest BCUT2D eigenvalue weighted by molar-refractivity contribution is 7.16. The number of hydrogen-bond acceptors (Lipinski definition) is 5. The van der Waals surface area contributed by atoms with Gasteiger partial charge < -0.3 is 9.47 Å². The quantitative estimate of drug-likeness (QED) is 0.794. The highest BCUT2D eigenvalue weighted by atomic mass is 35.5. The topological polar surface area (TPSA) is 55.1 Å². The highest BCUT2D eigenvalue weighted by Gasteiger charge is 2.16. The minimum atomic E-state index is 0.237. The molecule has 0 fully saturated rings. The van der Waals surface area contributed by atoms with E-state index in [1.165, 1.54) is 11.3 Å². The lowest BCUT2D eigenvalue weighted by atomic mass is 10.2. The van der Waals surface area contributed by atoms with Crippen LogP contribution in [0.25, 0.3) is 10.6 Å². The molecule has 1 aliphatic heterocycles. The molecule has 0 N–H and O–H groups in total. The van der Waals surface area contributed by atoms with Gasteiger partial charge in [0, 0.05) is 5.56 Å². The zero-order chi connectivity index (χ0) is 11.8. The molecule has 0 amide bonds. The van der Waals surface area contributed by atoms with Crippen molar-refractivity contribution in [3.05, 3.63) is 28.2 Å². The maximum atomic E-state index is 8.82. The number of thiazole rings is 1. The van der Waals surface area contributed by atoms with Crippen LogP contribution in [0.3, 0.4) is 0 Å². The fourth-order valence-electron chi connectivity index (χ4n) is 1.52. The molecule has 1 aromatic carbocycles. The first-order valence-corrected chi connectivity index (χ1v) is 5.94. The van der Waals surface area contributed by atoms with Crippen molar-refractivity contribution in [1.82, 2.24) is 4.98 Å². The van der Waals surface area contributed by atoms with Crippen molar-refractivity contribution in [3.63, 3.8) is 0 Å². The number of halogens is 1. The summed E-state index contributed by atoms with van der Waals surface area (Å²) >= 11 is 7.09. The van der Waals surface area contributed by atoms with Crippen molar-refractivity contribution in [1.29, 1.82) is 5.26 Å². The van der Waals surface area contributed by atoms with Gasteiger partial charge in [0.15, 0.2) is 16.7 Å². The van der Waals surface area contributed by atoms with Gasteiger partial charge in [-0.05, 0) is 18.2 Å². The number of hydrogen-bond donors (Lipinski definition) is 0. The summed E-state index contributed by atoms with van der Waals surface area (Å²) in [6.45, 7) is 0.237. The first-order valence-electron chi connectivity index (χ1n) is 4.74. The summed E-state index contributed by atoms with van der Waals surface area (Å²) < 4.78 is 10.5. The molecule has 0 aliphatic carbocycles. The van der Waals surface area contributed by atoms with E-state index in [1.807, 2.05) is 24.3 Å². The molecule has 0 bridgehead atoms. The number of ether oxygens (including phenoxy) is 2. The minimum Gasteiger partial charge on any atom is -0.454 e. The molecule has 0 atom stereocenters. The van der Waals surface area contributed by atoms with Crippen LogP contribution in [0.5, 0.6) is 11.5 Å². The van der Waals surface area contributed by atoms with Crippen LogP contribution in [0.1, 0.15) is 4.88 Å². The number of nitrogens with zero attached hydrogens (tertiary/aromatic N) is 2. The van der Waals surface area contributed by atoms with Gasteiger partial charge in [-0.3, -0.25) is 0 Å². The lowest BCUT2D eigenvalue weighted by Gasteiger charge is -1.98. The second-order valence-electron chi connectivity index (χ2n) is 3.32. The Morgan fingerprint density at radius 2 is 2.18 bits per heavy atom. The second kappa shape index (κ2) is 3.91. The summed E-state index contributed by atoms with van der Waals surface area (Å²) in [5, 5.41) is 9.76. The Morgan fingerprint density at radius 1 is 1.35 bits per heavy atom. The Kier molecular flexibility index (Phi) is 2.39. The van der Waals surface area contributed by atoms with Crippen LogP contribution < -0.4 is 9.47 Å². The molecule has 0 saturated carbocycles. The molecule has 0 radical (unpaired) electrons. The monoisotopic (exact) mass is 264 g/mol. The van der Waals surface area contributed by atoms with Gasteiger partial charge in [-0.25, -0.2) is 4.98 Å². The fourth-order valence-corrected chi connectivity index (χ4v) is 2.57. The Morgan fingerprint density at radius 3 is 2.94 bits per heavy atom. The Bertz CT molecular complexity index is 633. The number of benzene rings is 1. The van der Waals surface area contributed by atoms with Crippen LogP contribution in [0.4, 0.5) is 0 Å². The van der Waals surface area contributed by atoms with Gasteiger partial charge >= 0.3 is 0 Å². The second-order valence-corrected chi connectivity index (χ2v) is 4.68. The third kappa shape index (κ3) is 1.71. The van der Waals surface area contributed by atoms with Crippen LogP contribution >= 0.6 is 22.9 Å². The van der Waals surface area contributed by atoms with Gasteiger partial charge in [0.05, 0.1) is 0 Å². The summed E-state index contributed by atoms with van der Waals surface area (Å²) in [6.07, 6.45) is 0. The fraction of sp³-hybridized carbons (Fsp3) is 0.0909. The van der Waals surface area contributed by atoms with Crippen molar-refractivity contribution in [2.24, 2.45) is 0 Å². The first kappa shape index (κ1) is 10.4. The minimum absolute atomic E-state index is 0.237. The van der Waals surface area contributed by atoms with E-state index in [9.17, 15) is 0 Å². The van der Waals surface area contributed by atoms with E-state index < -0.39 is 0 Å². The van der Waals surface area contributed by atoms with Gasteiger partial charge in [0.25, 0.3) is 0 Å². The van der Waals surface area contributed by atoms with Crippen molar-refractivity contribution >= 4 is 22.9 Å². The molecule has 2 aromatic rings. The normalized spacial score (nSPS) is 12.5. The summed E-state index contributed by atoms with van der Waals surface area (Å²) in [4.78, 5) is 4.56. The molecule has 0 saturated heterocycles. The van der Waals surface area contributed by atoms with Crippen LogP contribution in [-0.2, 0) is 0 Å². The molecule has 17 heavy (non-hydrogen) atoms. The molecular weight excluding hydrogens is 260 g/mol. The summed E-state index contributed by atoms with van der Waals surface area (Å²) in [5.74, 6) is 1.41. The van der Waals surface area contributed by atoms with Gasteiger partial charge in [-0.1, -0.05) is 11.6 Å². The Balaban J connectivity index is 2.07. The Labute approximate surface area is 106 Å². The molecule has 0 unspecified atom stereocenters. The standard InChI is InChI=1S/C11H5ClN2O2S/c12-10-9(4-13)17-11(14-10)6-1-2-7-8(3-6)16-5-15-7/h1-3H,5H2. The lowest BCUT2D eigenvalue weighted by Crippen LogP contribution is -1.92. The molecule has 84 valence electrons. The first-order chi connectivity index (χ1) is 8.28. The van der Waals surface area contributed by atoms with E-state index in [1.54, 1.807) is 0 Å². The number of aromatic nitrogens is 1. The average Bonchev–Trinajstić information content (AvgIpc) is 2.93. The van der Waals surface area contributed by atoms with E-state index in [0.717, 1.165) is 11.3 Å². The third-order valence-electron chi connectivity index (χ3n) is 2.31. The maximum Gasteiger partial charge on any atom is 0.231 e. The van der Waals surface area contributed by atoms with E-state index in [2.05, 4.69) is 4.98 Å². The molecule has 0 spiro atoms. The van der Waals surface area contributed by atoms with Crippen LogP contribution in [0, 0.1) is 11.3 Å².